The van der Waals surface area contributed by atoms with Crippen LogP contribution >= 0.6 is 23.2 Å². The quantitative estimate of drug-likeness (QED) is 0.192. The third-order valence-electron chi connectivity index (χ3n) is 8.30. The number of rotatable bonds is 5. The molecule has 0 spiro atoms. The van der Waals surface area contributed by atoms with E-state index in [0.29, 0.717) is 50.1 Å². The number of anilines is 3. The van der Waals surface area contributed by atoms with Crippen molar-refractivity contribution in [2.45, 2.75) is 31.5 Å². The number of morpholine rings is 1. The number of nitrogens with zero attached hydrogens (tertiary/aromatic N) is 3. The molecule has 0 bridgehead atoms. The molecular weight excluding hydrogens is 611 g/mol. The Bertz CT molecular complexity index is 2000. The van der Waals surface area contributed by atoms with Gasteiger partial charge in [0.15, 0.2) is 5.78 Å². The van der Waals surface area contributed by atoms with Gasteiger partial charge in [-0.1, -0.05) is 53.5 Å². The highest BCUT2D eigenvalue weighted by Crippen LogP contribution is 2.39. The average molecular weight is 642 g/mol. The molecule has 45 heavy (non-hydrogen) atoms. The van der Waals surface area contributed by atoms with Gasteiger partial charge in [0.05, 0.1) is 23.3 Å². The van der Waals surface area contributed by atoms with Crippen molar-refractivity contribution in [3.63, 3.8) is 0 Å². The average Bonchev–Trinajstić information content (AvgIpc) is 3.03. The van der Waals surface area contributed by atoms with Crippen LogP contribution in [0, 0.1) is 0 Å². The van der Waals surface area contributed by atoms with E-state index in [4.69, 9.17) is 32.9 Å². The summed E-state index contributed by atoms with van der Waals surface area (Å²) in [6.07, 6.45) is 1.64. The number of pyridine rings is 1. The van der Waals surface area contributed by atoms with Gasteiger partial charge in [0.25, 0.3) is 5.56 Å². The Morgan fingerprint density at radius 1 is 0.978 bits per heavy atom. The van der Waals surface area contributed by atoms with Crippen molar-refractivity contribution in [3.8, 4) is 11.1 Å². The van der Waals surface area contributed by atoms with Gasteiger partial charge < -0.3 is 20.7 Å². The molecule has 0 radical (unpaired) electrons. The SMILES string of the molecule is CC1(C)Nc2ccccc2C(=O)C1n1c(=O)c(-c2ccc(Cl)cc2Cl)cc2cnc(Nc3ccc(C4CNCCO4)cc3)nc21. The number of ether oxygens (including phenoxy) is 1. The first-order valence-electron chi connectivity index (χ1n) is 14.7. The number of carbonyl (C=O) groups is 1. The third kappa shape index (κ3) is 5.46. The van der Waals surface area contributed by atoms with Crippen molar-refractivity contribution in [3.05, 3.63) is 111 Å². The van der Waals surface area contributed by atoms with Gasteiger partial charge in [0.1, 0.15) is 11.7 Å². The van der Waals surface area contributed by atoms with E-state index in [1.54, 1.807) is 36.5 Å². The highest BCUT2D eigenvalue weighted by Gasteiger charge is 2.44. The summed E-state index contributed by atoms with van der Waals surface area (Å²) in [5, 5.41) is 11.4. The van der Waals surface area contributed by atoms with Crippen LogP contribution in [0.15, 0.2) is 83.8 Å². The molecule has 228 valence electrons. The lowest BCUT2D eigenvalue weighted by Gasteiger charge is -2.41. The maximum absolute atomic E-state index is 14.5. The molecule has 0 aliphatic carbocycles. The van der Waals surface area contributed by atoms with Crippen LogP contribution in [0.25, 0.3) is 22.2 Å². The lowest BCUT2D eigenvalue weighted by molar-refractivity contribution is 0.0277. The van der Waals surface area contributed by atoms with Crippen molar-refractivity contribution in [2.24, 2.45) is 0 Å². The molecule has 2 aliphatic rings. The Kier molecular flexibility index (Phi) is 7.57. The third-order valence-corrected chi connectivity index (χ3v) is 8.85. The second-order valence-corrected chi connectivity index (χ2v) is 12.6. The monoisotopic (exact) mass is 640 g/mol. The van der Waals surface area contributed by atoms with E-state index >= 15 is 0 Å². The Labute approximate surface area is 269 Å². The van der Waals surface area contributed by atoms with Crippen LogP contribution in [0.1, 0.15) is 41.9 Å². The molecule has 7 rings (SSSR count). The molecule has 2 aliphatic heterocycles. The normalized spacial score (nSPS) is 19.2. The number of hydrogen-bond donors (Lipinski definition) is 3. The molecule has 9 nitrogen and oxygen atoms in total. The predicted octanol–water partition coefficient (Wildman–Crippen LogP) is 6.80. The van der Waals surface area contributed by atoms with E-state index in [2.05, 4.69) is 20.9 Å². The molecule has 2 unspecified atom stereocenters. The number of fused-ring (bicyclic) bond motifs is 2. The minimum absolute atomic E-state index is 0.00221. The zero-order valence-corrected chi connectivity index (χ0v) is 26.1. The second kappa shape index (κ2) is 11.6. The minimum atomic E-state index is -0.931. The first kappa shape index (κ1) is 29.4. The predicted molar refractivity (Wildman–Crippen MR) is 178 cm³/mol. The molecule has 11 heteroatoms. The largest absolute Gasteiger partial charge is 0.377 e. The van der Waals surface area contributed by atoms with Gasteiger partial charge >= 0.3 is 0 Å². The maximum Gasteiger partial charge on any atom is 0.260 e. The lowest BCUT2D eigenvalue weighted by atomic mass is 9.82. The zero-order valence-electron chi connectivity index (χ0n) is 24.6. The van der Waals surface area contributed by atoms with E-state index < -0.39 is 17.1 Å². The Hall–Kier alpha value is -4.28. The van der Waals surface area contributed by atoms with E-state index in [-0.39, 0.29) is 17.8 Å². The Balaban J connectivity index is 1.36. The summed E-state index contributed by atoms with van der Waals surface area (Å²) in [5.74, 6) is 0.0888. The van der Waals surface area contributed by atoms with Crippen molar-refractivity contribution < 1.29 is 9.53 Å². The Morgan fingerprint density at radius 2 is 1.78 bits per heavy atom. The smallest absolute Gasteiger partial charge is 0.260 e. The van der Waals surface area contributed by atoms with Crippen LogP contribution in [0.3, 0.4) is 0 Å². The van der Waals surface area contributed by atoms with Crippen LogP contribution in [0.2, 0.25) is 10.0 Å². The number of hydrogen-bond acceptors (Lipinski definition) is 8. The summed E-state index contributed by atoms with van der Waals surface area (Å²) in [6.45, 7) is 6.08. The number of ketones is 1. The Morgan fingerprint density at radius 3 is 2.53 bits per heavy atom. The fourth-order valence-electron chi connectivity index (χ4n) is 6.15. The van der Waals surface area contributed by atoms with Crippen LogP contribution in [0.5, 0.6) is 0 Å². The van der Waals surface area contributed by atoms with Crippen molar-refractivity contribution in [1.82, 2.24) is 19.9 Å². The van der Waals surface area contributed by atoms with Gasteiger partial charge in [0, 0.05) is 57.8 Å². The van der Waals surface area contributed by atoms with Crippen LogP contribution in [0.4, 0.5) is 17.3 Å². The number of nitrogens with one attached hydrogen (secondary N) is 3. The van der Waals surface area contributed by atoms with Crippen LogP contribution < -0.4 is 21.5 Å². The number of halogens is 2. The number of para-hydroxylation sites is 1. The highest BCUT2D eigenvalue weighted by atomic mass is 35.5. The molecule has 5 aromatic rings. The minimum Gasteiger partial charge on any atom is -0.377 e. The second-order valence-electron chi connectivity index (χ2n) is 11.8. The summed E-state index contributed by atoms with van der Waals surface area (Å²) in [5.41, 5.74) is 2.92. The molecule has 3 aromatic carbocycles. The molecule has 1 saturated heterocycles. The molecule has 2 aromatic heterocycles. The number of aromatic nitrogens is 3. The van der Waals surface area contributed by atoms with Crippen molar-refractivity contribution in [2.75, 3.05) is 30.3 Å². The zero-order chi connectivity index (χ0) is 31.3. The molecular formula is C34H30Cl2N6O3. The number of benzene rings is 3. The molecule has 0 amide bonds. The molecule has 0 saturated carbocycles. The van der Waals surface area contributed by atoms with Gasteiger partial charge in [-0.25, -0.2) is 4.98 Å². The van der Waals surface area contributed by atoms with Gasteiger partial charge in [-0.3, -0.25) is 14.2 Å². The van der Waals surface area contributed by atoms with Gasteiger partial charge in [-0.05, 0) is 61.9 Å². The number of carbonyl (C=O) groups excluding carboxylic acids is 1. The maximum atomic E-state index is 14.5. The van der Waals surface area contributed by atoms with E-state index in [0.717, 1.165) is 24.3 Å². The summed E-state index contributed by atoms with van der Waals surface area (Å²) in [6, 6.07) is 20.9. The fourth-order valence-corrected chi connectivity index (χ4v) is 6.66. The molecule has 3 N–H and O–H groups in total. The summed E-state index contributed by atoms with van der Waals surface area (Å²) in [7, 11) is 0. The van der Waals surface area contributed by atoms with E-state index in [1.165, 1.54) is 4.57 Å². The van der Waals surface area contributed by atoms with Crippen LogP contribution in [-0.2, 0) is 4.74 Å². The number of Topliss-reactive ketones (excluding diaryl/α,β-unsaturated/α-hetero) is 1. The van der Waals surface area contributed by atoms with Gasteiger partial charge in [-0.2, -0.15) is 4.98 Å². The van der Waals surface area contributed by atoms with E-state index in [1.807, 2.05) is 56.3 Å². The molecule has 1 fully saturated rings. The molecule has 4 heterocycles. The van der Waals surface area contributed by atoms with Crippen molar-refractivity contribution >= 4 is 57.3 Å². The highest BCUT2D eigenvalue weighted by molar-refractivity contribution is 6.36. The van der Waals surface area contributed by atoms with Crippen LogP contribution in [-0.4, -0.2) is 45.6 Å². The summed E-state index contributed by atoms with van der Waals surface area (Å²) in [4.78, 5) is 38.1. The first-order valence-corrected chi connectivity index (χ1v) is 15.4. The van der Waals surface area contributed by atoms with E-state index in [9.17, 15) is 9.59 Å². The molecule has 2 atom stereocenters. The first-order chi connectivity index (χ1) is 21.7. The van der Waals surface area contributed by atoms with Gasteiger partial charge in [0.2, 0.25) is 5.95 Å². The topological polar surface area (TPSA) is 110 Å². The summed E-state index contributed by atoms with van der Waals surface area (Å²) >= 11 is 12.8. The standard InChI is InChI=1S/C34H30Cl2N6O3/c1-34(2)30(29(43)24-5-3-4-6-27(24)41-34)42-31-20(15-25(32(42)44)23-12-9-21(35)16-26(23)36)17-38-33(40-31)39-22-10-7-19(8-11-22)28-18-37-13-14-45-28/h3-12,15-17,28,30,37,41H,13-14,18H2,1-2H3,(H,38,39,40). The fraction of sp³-hybridized carbons (Fsp3) is 0.235. The van der Waals surface area contributed by atoms with Gasteiger partial charge in [-0.15, -0.1) is 0 Å². The lowest BCUT2D eigenvalue weighted by Crippen LogP contribution is -2.51. The van der Waals surface area contributed by atoms with Crippen molar-refractivity contribution in [1.29, 1.82) is 0 Å². The summed E-state index contributed by atoms with van der Waals surface area (Å²) < 4.78 is 7.34.